The number of ketones is 2. The smallest absolute Gasteiger partial charge is 0.296 e. The second-order valence-electron chi connectivity index (χ2n) is 3.66. The van der Waals surface area contributed by atoms with E-state index < -0.39 is 24.4 Å². The predicted molar refractivity (Wildman–Crippen MR) is 63.9 cm³/mol. The Balaban J connectivity index is 2.26. The monoisotopic (exact) mass is 316 g/mol. The largest absolute Gasteiger partial charge is 0.453 e. The van der Waals surface area contributed by atoms with Gasteiger partial charge in [0.1, 0.15) is 5.58 Å². The first kappa shape index (κ1) is 12.9. The lowest BCUT2D eigenvalue weighted by Crippen LogP contribution is -2.14. The number of Topliss-reactive ketones (excluding diaryl/α,β-unsaturated/α-hetero) is 2. The van der Waals surface area contributed by atoms with E-state index in [1.54, 1.807) is 18.2 Å². The van der Waals surface area contributed by atoms with Gasteiger partial charge in [0.15, 0.2) is 5.76 Å². The van der Waals surface area contributed by atoms with E-state index in [0.29, 0.717) is 11.0 Å². The van der Waals surface area contributed by atoms with Crippen LogP contribution in [-0.4, -0.2) is 18.0 Å². The van der Waals surface area contributed by atoms with Gasteiger partial charge in [0.25, 0.3) is 6.43 Å². The number of benzene rings is 1. The van der Waals surface area contributed by atoms with Crippen LogP contribution < -0.4 is 0 Å². The molecule has 94 valence electrons. The second-order valence-corrected chi connectivity index (χ2v) is 4.58. The van der Waals surface area contributed by atoms with E-state index in [9.17, 15) is 18.4 Å². The van der Waals surface area contributed by atoms with Crippen LogP contribution in [0.1, 0.15) is 17.0 Å². The molecule has 1 heterocycles. The van der Waals surface area contributed by atoms with Gasteiger partial charge in [-0.05, 0) is 24.3 Å². The van der Waals surface area contributed by atoms with Crippen LogP contribution in [0.15, 0.2) is 33.2 Å². The van der Waals surface area contributed by atoms with Gasteiger partial charge in [-0.2, -0.15) is 0 Å². The molecule has 0 aliphatic rings. The molecule has 0 saturated carbocycles. The van der Waals surface area contributed by atoms with Crippen LogP contribution in [0.3, 0.4) is 0 Å². The minimum Gasteiger partial charge on any atom is -0.453 e. The molecular formula is C12H7BrF2O3. The molecule has 0 aliphatic heterocycles. The summed E-state index contributed by atoms with van der Waals surface area (Å²) in [5, 5.41) is 0.664. The van der Waals surface area contributed by atoms with Crippen molar-refractivity contribution >= 4 is 38.5 Å². The van der Waals surface area contributed by atoms with Crippen LogP contribution in [0, 0.1) is 0 Å². The highest BCUT2D eigenvalue weighted by Crippen LogP contribution is 2.24. The highest BCUT2D eigenvalue weighted by Gasteiger charge is 2.22. The summed E-state index contributed by atoms with van der Waals surface area (Å²) in [6.45, 7) is 0. The minimum atomic E-state index is -3.13. The summed E-state index contributed by atoms with van der Waals surface area (Å²) in [5.74, 6) is -2.23. The van der Waals surface area contributed by atoms with Crippen LogP contribution >= 0.6 is 15.9 Å². The lowest BCUT2D eigenvalue weighted by atomic mass is 10.1. The standard InChI is InChI=1S/C12H7BrF2O3/c13-7-1-2-10-6(3-7)4-11(18-10)8(16)5-9(17)12(14)15/h1-4,12H,5H2. The van der Waals surface area contributed by atoms with Gasteiger partial charge in [-0.15, -0.1) is 0 Å². The molecule has 2 aromatic rings. The zero-order valence-electron chi connectivity index (χ0n) is 8.95. The Morgan fingerprint density at radius 2 is 2.00 bits per heavy atom. The van der Waals surface area contributed by atoms with Crippen molar-refractivity contribution in [3.8, 4) is 0 Å². The Bertz CT molecular complexity index is 619. The fourth-order valence-electron chi connectivity index (χ4n) is 1.47. The molecule has 0 radical (unpaired) electrons. The summed E-state index contributed by atoms with van der Waals surface area (Å²) in [6, 6.07) is 6.53. The van der Waals surface area contributed by atoms with Crippen molar-refractivity contribution in [1.82, 2.24) is 0 Å². The van der Waals surface area contributed by atoms with Crippen molar-refractivity contribution in [3.63, 3.8) is 0 Å². The predicted octanol–water partition coefficient (Wildman–Crippen LogP) is 3.60. The summed E-state index contributed by atoms with van der Waals surface area (Å²) in [6.07, 6.45) is -3.98. The Morgan fingerprint density at radius 3 is 2.67 bits per heavy atom. The SMILES string of the molecule is O=C(CC(=O)C(F)F)c1cc2cc(Br)ccc2o1. The fourth-order valence-corrected chi connectivity index (χ4v) is 1.85. The highest BCUT2D eigenvalue weighted by atomic mass is 79.9. The minimum absolute atomic E-state index is 0.0860. The lowest BCUT2D eigenvalue weighted by Gasteiger charge is -1.95. The molecule has 0 amide bonds. The molecule has 18 heavy (non-hydrogen) atoms. The number of halogens is 3. The topological polar surface area (TPSA) is 47.3 Å². The normalized spacial score (nSPS) is 11.1. The number of alkyl halides is 2. The highest BCUT2D eigenvalue weighted by molar-refractivity contribution is 9.10. The van der Waals surface area contributed by atoms with Gasteiger partial charge in [0.2, 0.25) is 11.6 Å². The average Bonchev–Trinajstić information content (AvgIpc) is 2.71. The Morgan fingerprint density at radius 1 is 1.28 bits per heavy atom. The molecular weight excluding hydrogens is 310 g/mol. The maximum absolute atomic E-state index is 12.0. The Kier molecular flexibility index (Phi) is 3.56. The number of furan rings is 1. The first-order valence-corrected chi connectivity index (χ1v) is 5.80. The van der Waals surface area contributed by atoms with E-state index in [1.807, 2.05) is 0 Å². The van der Waals surface area contributed by atoms with Crippen molar-refractivity contribution in [2.75, 3.05) is 0 Å². The molecule has 3 nitrogen and oxygen atoms in total. The molecule has 0 atom stereocenters. The molecule has 0 fully saturated rings. The van der Waals surface area contributed by atoms with E-state index in [4.69, 9.17) is 4.42 Å². The molecule has 1 aromatic heterocycles. The summed E-state index contributed by atoms with van der Waals surface area (Å²) >= 11 is 3.26. The van der Waals surface area contributed by atoms with E-state index in [0.717, 1.165) is 4.47 Å². The van der Waals surface area contributed by atoms with Gasteiger partial charge in [0, 0.05) is 9.86 Å². The maximum Gasteiger partial charge on any atom is 0.296 e. The van der Waals surface area contributed by atoms with Crippen LogP contribution in [-0.2, 0) is 4.79 Å². The van der Waals surface area contributed by atoms with Crippen molar-refractivity contribution in [2.45, 2.75) is 12.8 Å². The summed E-state index contributed by atoms with van der Waals surface area (Å²) in [7, 11) is 0. The molecule has 0 aliphatic carbocycles. The quantitative estimate of drug-likeness (QED) is 0.639. The molecule has 2 rings (SSSR count). The van der Waals surface area contributed by atoms with Crippen molar-refractivity contribution in [3.05, 3.63) is 34.5 Å². The van der Waals surface area contributed by atoms with Gasteiger partial charge in [0.05, 0.1) is 6.42 Å². The molecule has 0 N–H and O–H groups in total. The van der Waals surface area contributed by atoms with Crippen LogP contribution in [0.25, 0.3) is 11.0 Å². The maximum atomic E-state index is 12.0. The van der Waals surface area contributed by atoms with Crippen LogP contribution in [0.2, 0.25) is 0 Å². The van der Waals surface area contributed by atoms with E-state index in [-0.39, 0.29) is 5.76 Å². The van der Waals surface area contributed by atoms with E-state index >= 15 is 0 Å². The van der Waals surface area contributed by atoms with E-state index in [2.05, 4.69) is 15.9 Å². The first-order chi connectivity index (χ1) is 8.47. The number of hydrogen-bond acceptors (Lipinski definition) is 3. The third-order valence-electron chi connectivity index (χ3n) is 2.33. The third-order valence-corrected chi connectivity index (χ3v) is 2.82. The molecule has 0 spiro atoms. The Labute approximate surface area is 109 Å². The molecule has 0 unspecified atom stereocenters. The zero-order chi connectivity index (χ0) is 13.3. The fraction of sp³-hybridized carbons (Fsp3) is 0.167. The van der Waals surface area contributed by atoms with Crippen molar-refractivity contribution in [2.24, 2.45) is 0 Å². The Hall–Kier alpha value is -1.56. The average molecular weight is 317 g/mol. The summed E-state index contributed by atoms with van der Waals surface area (Å²) in [5.41, 5.74) is 0.464. The number of carbonyl (C=O) groups excluding carboxylic acids is 2. The van der Waals surface area contributed by atoms with Gasteiger partial charge in [-0.1, -0.05) is 15.9 Å². The number of fused-ring (bicyclic) bond motifs is 1. The number of rotatable bonds is 4. The third kappa shape index (κ3) is 2.64. The lowest BCUT2D eigenvalue weighted by molar-refractivity contribution is -0.128. The second kappa shape index (κ2) is 4.97. The van der Waals surface area contributed by atoms with Gasteiger partial charge in [-0.25, -0.2) is 8.78 Å². The van der Waals surface area contributed by atoms with Gasteiger partial charge in [-0.3, -0.25) is 9.59 Å². The van der Waals surface area contributed by atoms with Crippen LogP contribution in [0.4, 0.5) is 8.78 Å². The van der Waals surface area contributed by atoms with Crippen LogP contribution in [0.5, 0.6) is 0 Å². The first-order valence-electron chi connectivity index (χ1n) is 5.00. The summed E-state index contributed by atoms with van der Waals surface area (Å²) in [4.78, 5) is 22.3. The van der Waals surface area contributed by atoms with Crippen molar-refractivity contribution < 1.29 is 22.8 Å². The number of carbonyl (C=O) groups is 2. The summed E-state index contributed by atoms with van der Waals surface area (Å²) < 4.78 is 30.0. The molecule has 0 saturated heterocycles. The van der Waals surface area contributed by atoms with Crippen molar-refractivity contribution in [1.29, 1.82) is 0 Å². The van der Waals surface area contributed by atoms with E-state index in [1.165, 1.54) is 6.07 Å². The van der Waals surface area contributed by atoms with Gasteiger partial charge < -0.3 is 4.42 Å². The molecule has 6 heteroatoms. The molecule has 1 aromatic carbocycles. The zero-order valence-corrected chi connectivity index (χ0v) is 10.5. The number of hydrogen-bond donors (Lipinski definition) is 0. The molecule has 0 bridgehead atoms. The van der Waals surface area contributed by atoms with Gasteiger partial charge >= 0.3 is 0 Å².